The van der Waals surface area contributed by atoms with E-state index in [2.05, 4.69) is 9.55 Å². The molecular weight excluding hydrogens is 242 g/mol. The van der Waals surface area contributed by atoms with Gasteiger partial charge in [0.25, 0.3) is 5.91 Å². The van der Waals surface area contributed by atoms with Gasteiger partial charge >= 0.3 is 0 Å². The lowest BCUT2D eigenvalue weighted by atomic mass is 10.0. The third-order valence-electron chi connectivity index (χ3n) is 3.72. The number of piperidine rings is 1. The molecule has 1 fully saturated rings. The lowest BCUT2D eigenvalue weighted by Crippen LogP contribution is -2.40. The summed E-state index contributed by atoms with van der Waals surface area (Å²) in [5.74, 6) is 0.755. The van der Waals surface area contributed by atoms with Gasteiger partial charge in [0.05, 0.1) is 24.2 Å². The smallest absolute Gasteiger partial charge is 0.257 e. The van der Waals surface area contributed by atoms with Crippen LogP contribution in [0.15, 0.2) is 35.5 Å². The predicted molar refractivity (Wildman–Crippen MR) is 69.8 cm³/mol. The first-order valence-electron chi connectivity index (χ1n) is 6.56. The zero-order valence-electron chi connectivity index (χ0n) is 11.0. The summed E-state index contributed by atoms with van der Waals surface area (Å²) in [4.78, 5) is 18.4. The third kappa shape index (κ3) is 2.28. The van der Waals surface area contributed by atoms with Gasteiger partial charge in [0.2, 0.25) is 0 Å². The van der Waals surface area contributed by atoms with Crippen molar-refractivity contribution in [3.8, 4) is 0 Å². The Morgan fingerprint density at radius 3 is 3.11 bits per heavy atom. The number of carbonyl (C=O) groups excluding carboxylic acids is 1. The molecule has 2 aromatic heterocycles. The van der Waals surface area contributed by atoms with Gasteiger partial charge in [-0.05, 0) is 25.8 Å². The van der Waals surface area contributed by atoms with Gasteiger partial charge in [0.1, 0.15) is 5.76 Å². The standard InChI is InChI=1S/C14H17N3O2/c1-11-13(4-8-19-11)14(18)16-6-2-3-12(9-16)17-7-5-15-10-17/h4-5,7-8,10,12H,2-3,6,9H2,1H3/t12-/m0/s1. The first kappa shape index (κ1) is 12.0. The highest BCUT2D eigenvalue weighted by Gasteiger charge is 2.26. The maximum atomic E-state index is 12.4. The molecule has 0 saturated carbocycles. The highest BCUT2D eigenvalue weighted by atomic mass is 16.3. The first-order chi connectivity index (χ1) is 9.25. The molecule has 5 nitrogen and oxygen atoms in total. The molecule has 1 aliphatic rings. The van der Waals surface area contributed by atoms with Gasteiger partial charge in [0.15, 0.2) is 0 Å². The van der Waals surface area contributed by atoms with Crippen molar-refractivity contribution < 1.29 is 9.21 Å². The van der Waals surface area contributed by atoms with Crippen LogP contribution in [-0.2, 0) is 0 Å². The van der Waals surface area contributed by atoms with E-state index in [0.717, 1.165) is 25.9 Å². The van der Waals surface area contributed by atoms with E-state index in [9.17, 15) is 4.79 Å². The predicted octanol–water partition coefficient (Wildman–Crippen LogP) is 2.26. The van der Waals surface area contributed by atoms with Crippen LogP contribution < -0.4 is 0 Å². The van der Waals surface area contributed by atoms with Crippen LogP contribution in [0.5, 0.6) is 0 Å². The topological polar surface area (TPSA) is 51.3 Å². The molecule has 0 aliphatic carbocycles. The highest BCUT2D eigenvalue weighted by Crippen LogP contribution is 2.23. The van der Waals surface area contributed by atoms with E-state index in [-0.39, 0.29) is 5.91 Å². The average molecular weight is 259 g/mol. The number of rotatable bonds is 2. The third-order valence-corrected chi connectivity index (χ3v) is 3.72. The highest BCUT2D eigenvalue weighted by molar-refractivity contribution is 5.95. The van der Waals surface area contributed by atoms with Crippen molar-refractivity contribution in [3.63, 3.8) is 0 Å². The van der Waals surface area contributed by atoms with Crippen LogP contribution >= 0.6 is 0 Å². The summed E-state index contributed by atoms with van der Waals surface area (Å²) in [5.41, 5.74) is 0.672. The van der Waals surface area contributed by atoms with E-state index in [1.54, 1.807) is 18.5 Å². The maximum Gasteiger partial charge on any atom is 0.257 e. The van der Waals surface area contributed by atoms with E-state index in [0.29, 0.717) is 17.4 Å². The van der Waals surface area contributed by atoms with Gasteiger partial charge in [-0.1, -0.05) is 0 Å². The average Bonchev–Trinajstić information content (AvgIpc) is 3.09. The molecular formula is C14H17N3O2. The largest absolute Gasteiger partial charge is 0.469 e. The Labute approximate surface area is 111 Å². The minimum atomic E-state index is 0.0658. The van der Waals surface area contributed by atoms with E-state index < -0.39 is 0 Å². The molecule has 0 bridgehead atoms. The van der Waals surface area contributed by atoms with Crippen molar-refractivity contribution in [2.75, 3.05) is 13.1 Å². The lowest BCUT2D eigenvalue weighted by Gasteiger charge is -2.33. The normalized spacial score (nSPS) is 19.6. The number of nitrogens with zero attached hydrogens (tertiary/aromatic N) is 3. The fourth-order valence-corrected chi connectivity index (χ4v) is 2.65. The van der Waals surface area contributed by atoms with Gasteiger partial charge in [-0.2, -0.15) is 0 Å². The molecule has 19 heavy (non-hydrogen) atoms. The van der Waals surface area contributed by atoms with Crippen molar-refractivity contribution in [3.05, 3.63) is 42.4 Å². The summed E-state index contributed by atoms with van der Waals surface area (Å²) in [6.07, 6.45) is 9.24. The summed E-state index contributed by atoms with van der Waals surface area (Å²) >= 11 is 0. The molecule has 0 radical (unpaired) electrons. The molecule has 0 aromatic carbocycles. The Balaban J connectivity index is 1.75. The first-order valence-corrected chi connectivity index (χ1v) is 6.56. The van der Waals surface area contributed by atoms with Crippen LogP contribution in [0.1, 0.15) is 35.0 Å². The summed E-state index contributed by atoms with van der Waals surface area (Å²) < 4.78 is 7.30. The molecule has 2 aromatic rings. The van der Waals surface area contributed by atoms with Crippen LogP contribution in [0.3, 0.4) is 0 Å². The number of hydrogen-bond donors (Lipinski definition) is 0. The van der Waals surface area contributed by atoms with Gasteiger partial charge in [0, 0.05) is 25.5 Å². The fraction of sp³-hybridized carbons (Fsp3) is 0.429. The second kappa shape index (κ2) is 4.91. The maximum absolute atomic E-state index is 12.4. The zero-order chi connectivity index (χ0) is 13.2. The number of amides is 1. The summed E-state index contributed by atoms with van der Waals surface area (Å²) in [7, 11) is 0. The number of furan rings is 1. The molecule has 0 spiro atoms. The Kier molecular flexibility index (Phi) is 3.11. The zero-order valence-corrected chi connectivity index (χ0v) is 11.0. The van der Waals surface area contributed by atoms with Crippen LogP contribution in [0, 0.1) is 6.92 Å². The summed E-state index contributed by atoms with van der Waals surface area (Å²) in [6.45, 7) is 3.37. The van der Waals surface area contributed by atoms with Gasteiger partial charge < -0.3 is 13.9 Å². The molecule has 1 atom stereocenters. The quantitative estimate of drug-likeness (QED) is 0.831. The van der Waals surface area contributed by atoms with Gasteiger partial charge in [-0.15, -0.1) is 0 Å². The number of likely N-dealkylation sites (tertiary alicyclic amines) is 1. The molecule has 1 saturated heterocycles. The van der Waals surface area contributed by atoms with Crippen LogP contribution in [0.2, 0.25) is 0 Å². The molecule has 1 amide bonds. The Morgan fingerprint density at radius 1 is 1.53 bits per heavy atom. The monoisotopic (exact) mass is 259 g/mol. The Bertz CT molecular complexity index is 559. The summed E-state index contributed by atoms with van der Waals surface area (Å²) in [5, 5.41) is 0. The van der Waals surface area contributed by atoms with Gasteiger partial charge in [-0.25, -0.2) is 4.98 Å². The second-order valence-corrected chi connectivity index (χ2v) is 4.95. The minimum absolute atomic E-state index is 0.0658. The van der Waals surface area contributed by atoms with Gasteiger partial charge in [-0.3, -0.25) is 4.79 Å². The van der Waals surface area contributed by atoms with E-state index in [1.165, 1.54) is 0 Å². The second-order valence-electron chi connectivity index (χ2n) is 4.95. The molecule has 3 heterocycles. The molecule has 1 aliphatic heterocycles. The minimum Gasteiger partial charge on any atom is -0.469 e. The SMILES string of the molecule is Cc1occc1C(=O)N1CCC[C@H](n2ccnc2)C1. The number of aromatic nitrogens is 2. The Morgan fingerprint density at radius 2 is 2.42 bits per heavy atom. The van der Waals surface area contributed by atoms with Crippen molar-refractivity contribution >= 4 is 5.91 Å². The van der Waals surface area contributed by atoms with Crippen LogP contribution in [0.4, 0.5) is 0 Å². The van der Waals surface area contributed by atoms with E-state index >= 15 is 0 Å². The summed E-state index contributed by atoms with van der Waals surface area (Å²) in [6, 6.07) is 2.07. The number of carbonyl (C=O) groups is 1. The van der Waals surface area contributed by atoms with Crippen molar-refractivity contribution in [1.82, 2.24) is 14.5 Å². The van der Waals surface area contributed by atoms with Crippen molar-refractivity contribution in [2.24, 2.45) is 0 Å². The Hall–Kier alpha value is -2.04. The van der Waals surface area contributed by atoms with Crippen LogP contribution in [0.25, 0.3) is 0 Å². The number of aryl methyl sites for hydroxylation is 1. The molecule has 0 unspecified atom stereocenters. The molecule has 5 heteroatoms. The number of hydrogen-bond acceptors (Lipinski definition) is 3. The number of imidazole rings is 1. The molecule has 100 valence electrons. The van der Waals surface area contributed by atoms with E-state index in [4.69, 9.17) is 4.42 Å². The fourth-order valence-electron chi connectivity index (χ4n) is 2.65. The van der Waals surface area contributed by atoms with E-state index in [1.807, 2.05) is 24.3 Å². The van der Waals surface area contributed by atoms with Crippen molar-refractivity contribution in [1.29, 1.82) is 0 Å². The lowest BCUT2D eigenvalue weighted by molar-refractivity contribution is 0.0677. The molecule has 0 N–H and O–H groups in total. The van der Waals surface area contributed by atoms with Crippen LogP contribution in [-0.4, -0.2) is 33.4 Å². The molecule has 3 rings (SSSR count). The van der Waals surface area contributed by atoms with Crippen molar-refractivity contribution in [2.45, 2.75) is 25.8 Å².